The van der Waals surface area contributed by atoms with Crippen LogP contribution in [0.3, 0.4) is 0 Å². The van der Waals surface area contributed by atoms with Gasteiger partial charge in [0, 0.05) is 18.1 Å². The van der Waals surface area contributed by atoms with Crippen molar-refractivity contribution in [3.8, 4) is 0 Å². The summed E-state index contributed by atoms with van der Waals surface area (Å²) in [7, 11) is 0. The molecule has 1 aliphatic rings. The highest BCUT2D eigenvalue weighted by molar-refractivity contribution is 4.90. The third kappa shape index (κ3) is 2.96. The molecule has 0 radical (unpaired) electrons. The third-order valence-corrected chi connectivity index (χ3v) is 3.11. The van der Waals surface area contributed by atoms with Gasteiger partial charge in [-0.1, -0.05) is 13.8 Å². The van der Waals surface area contributed by atoms with Crippen molar-refractivity contribution in [1.82, 2.24) is 4.90 Å². The summed E-state index contributed by atoms with van der Waals surface area (Å²) in [6.07, 6.45) is 5.12. The lowest BCUT2D eigenvalue weighted by Crippen LogP contribution is -2.47. The number of nitrogens with two attached hydrogens (primary N) is 1. The summed E-state index contributed by atoms with van der Waals surface area (Å²) in [6.45, 7) is 7.93. The quantitative estimate of drug-likeness (QED) is 0.684. The van der Waals surface area contributed by atoms with E-state index in [1.165, 1.54) is 25.8 Å². The van der Waals surface area contributed by atoms with Crippen LogP contribution in [0.5, 0.6) is 0 Å². The average molecular weight is 184 g/mol. The van der Waals surface area contributed by atoms with E-state index in [2.05, 4.69) is 25.7 Å². The fourth-order valence-corrected chi connectivity index (χ4v) is 1.97. The second-order valence-corrected chi connectivity index (χ2v) is 4.28. The lowest BCUT2D eigenvalue weighted by atomic mass is 10.1. The van der Waals surface area contributed by atoms with E-state index >= 15 is 0 Å². The number of nitrogens with zero attached hydrogens (tertiary/aromatic N) is 1. The van der Waals surface area contributed by atoms with Crippen molar-refractivity contribution in [2.24, 2.45) is 5.73 Å². The molecule has 1 aliphatic carbocycles. The Bertz CT molecular complexity index is 143. The van der Waals surface area contributed by atoms with Crippen LogP contribution < -0.4 is 5.73 Å². The first-order chi connectivity index (χ1) is 6.20. The van der Waals surface area contributed by atoms with Crippen LogP contribution in [-0.4, -0.2) is 29.6 Å². The Morgan fingerprint density at radius 2 is 2.00 bits per heavy atom. The van der Waals surface area contributed by atoms with Crippen molar-refractivity contribution in [2.75, 3.05) is 6.54 Å². The molecule has 13 heavy (non-hydrogen) atoms. The molecule has 1 saturated carbocycles. The van der Waals surface area contributed by atoms with E-state index in [-0.39, 0.29) is 0 Å². The minimum atomic E-state index is 0.354. The maximum absolute atomic E-state index is 6.07. The smallest absolute Gasteiger partial charge is 0.0221 e. The summed E-state index contributed by atoms with van der Waals surface area (Å²) in [6, 6.07) is 1.78. The summed E-state index contributed by atoms with van der Waals surface area (Å²) in [5.41, 5.74) is 6.07. The zero-order valence-corrected chi connectivity index (χ0v) is 9.29. The van der Waals surface area contributed by atoms with Gasteiger partial charge in [-0.15, -0.1) is 0 Å². The van der Waals surface area contributed by atoms with Gasteiger partial charge in [-0.25, -0.2) is 0 Å². The highest BCUT2D eigenvalue weighted by atomic mass is 15.2. The zero-order valence-electron chi connectivity index (χ0n) is 9.29. The number of hydrogen-bond acceptors (Lipinski definition) is 2. The van der Waals surface area contributed by atoms with Crippen molar-refractivity contribution < 1.29 is 0 Å². The average Bonchev–Trinajstić information content (AvgIpc) is 2.95. The van der Waals surface area contributed by atoms with E-state index in [1.54, 1.807) is 0 Å². The SMILES string of the molecule is CCCN(C1CC1)C(C)C(N)CC. The van der Waals surface area contributed by atoms with E-state index in [1.807, 2.05) is 0 Å². The van der Waals surface area contributed by atoms with Crippen LogP contribution >= 0.6 is 0 Å². The first kappa shape index (κ1) is 11.0. The molecule has 2 atom stereocenters. The topological polar surface area (TPSA) is 29.3 Å². The second kappa shape index (κ2) is 4.97. The Kier molecular flexibility index (Phi) is 4.20. The van der Waals surface area contributed by atoms with Gasteiger partial charge in [0.05, 0.1) is 0 Å². The highest BCUT2D eigenvalue weighted by Gasteiger charge is 2.32. The molecule has 2 heteroatoms. The molecule has 2 nitrogen and oxygen atoms in total. The molecule has 0 heterocycles. The maximum Gasteiger partial charge on any atom is 0.0221 e. The molecule has 0 aromatic carbocycles. The lowest BCUT2D eigenvalue weighted by molar-refractivity contribution is 0.172. The van der Waals surface area contributed by atoms with Crippen molar-refractivity contribution in [3.63, 3.8) is 0 Å². The molecule has 2 unspecified atom stereocenters. The van der Waals surface area contributed by atoms with Crippen LogP contribution in [-0.2, 0) is 0 Å². The highest BCUT2D eigenvalue weighted by Crippen LogP contribution is 2.29. The van der Waals surface area contributed by atoms with Gasteiger partial charge in [-0.05, 0) is 39.2 Å². The Labute approximate surface area is 82.5 Å². The summed E-state index contributed by atoms with van der Waals surface area (Å²) in [4.78, 5) is 2.61. The van der Waals surface area contributed by atoms with Gasteiger partial charge in [0.15, 0.2) is 0 Å². The molecule has 0 aliphatic heterocycles. The monoisotopic (exact) mass is 184 g/mol. The first-order valence-electron chi connectivity index (χ1n) is 5.72. The molecule has 1 fully saturated rings. The van der Waals surface area contributed by atoms with Crippen molar-refractivity contribution in [3.05, 3.63) is 0 Å². The van der Waals surface area contributed by atoms with Crippen molar-refractivity contribution in [2.45, 2.75) is 64.6 Å². The maximum atomic E-state index is 6.07. The number of hydrogen-bond donors (Lipinski definition) is 1. The Morgan fingerprint density at radius 1 is 1.38 bits per heavy atom. The van der Waals surface area contributed by atoms with Gasteiger partial charge < -0.3 is 5.73 Å². The largest absolute Gasteiger partial charge is 0.326 e. The molecule has 0 amide bonds. The van der Waals surface area contributed by atoms with Crippen molar-refractivity contribution in [1.29, 1.82) is 0 Å². The molecular weight excluding hydrogens is 160 g/mol. The molecule has 78 valence electrons. The summed E-state index contributed by atoms with van der Waals surface area (Å²) in [5.74, 6) is 0. The molecule has 0 saturated heterocycles. The second-order valence-electron chi connectivity index (χ2n) is 4.28. The summed E-state index contributed by atoms with van der Waals surface area (Å²) in [5, 5.41) is 0. The third-order valence-electron chi connectivity index (χ3n) is 3.11. The summed E-state index contributed by atoms with van der Waals surface area (Å²) < 4.78 is 0. The molecular formula is C11H24N2. The molecule has 2 N–H and O–H groups in total. The predicted octanol–water partition coefficient (Wildman–Crippen LogP) is 1.99. The molecule has 1 rings (SSSR count). The Morgan fingerprint density at radius 3 is 2.38 bits per heavy atom. The van der Waals surface area contributed by atoms with Gasteiger partial charge in [-0.2, -0.15) is 0 Å². The Hall–Kier alpha value is -0.0800. The van der Waals surface area contributed by atoms with Crippen LogP contribution in [0.25, 0.3) is 0 Å². The Balaban J connectivity index is 2.42. The standard InChI is InChI=1S/C11H24N2/c1-4-8-13(10-6-7-10)9(3)11(12)5-2/h9-11H,4-8,12H2,1-3H3. The van der Waals surface area contributed by atoms with Gasteiger partial charge in [0.1, 0.15) is 0 Å². The fourth-order valence-electron chi connectivity index (χ4n) is 1.97. The van der Waals surface area contributed by atoms with Crippen LogP contribution in [0, 0.1) is 0 Å². The van der Waals surface area contributed by atoms with Crippen LogP contribution in [0.4, 0.5) is 0 Å². The van der Waals surface area contributed by atoms with Crippen LogP contribution in [0.15, 0.2) is 0 Å². The van der Waals surface area contributed by atoms with Gasteiger partial charge >= 0.3 is 0 Å². The van der Waals surface area contributed by atoms with Crippen LogP contribution in [0.2, 0.25) is 0 Å². The summed E-state index contributed by atoms with van der Waals surface area (Å²) >= 11 is 0. The van der Waals surface area contributed by atoms with Gasteiger partial charge in [0.25, 0.3) is 0 Å². The minimum Gasteiger partial charge on any atom is -0.326 e. The minimum absolute atomic E-state index is 0.354. The van der Waals surface area contributed by atoms with E-state index in [0.717, 1.165) is 12.5 Å². The molecule has 0 aromatic rings. The fraction of sp³-hybridized carbons (Fsp3) is 1.00. The first-order valence-corrected chi connectivity index (χ1v) is 5.72. The normalized spacial score (nSPS) is 21.9. The van der Waals surface area contributed by atoms with Crippen LogP contribution in [0.1, 0.15) is 46.5 Å². The number of rotatable bonds is 6. The van der Waals surface area contributed by atoms with E-state index in [4.69, 9.17) is 5.73 Å². The van der Waals surface area contributed by atoms with E-state index in [0.29, 0.717) is 12.1 Å². The van der Waals surface area contributed by atoms with E-state index in [9.17, 15) is 0 Å². The zero-order chi connectivity index (χ0) is 9.84. The molecule has 0 bridgehead atoms. The molecule has 0 spiro atoms. The predicted molar refractivity (Wildman–Crippen MR) is 57.7 cm³/mol. The molecule has 0 aromatic heterocycles. The van der Waals surface area contributed by atoms with Gasteiger partial charge in [0.2, 0.25) is 0 Å². The van der Waals surface area contributed by atoms with E-state index < -0.39 is 0 Å². The van der Waals surface area contributed by atoms with Gasteiger partial charge in [-0.3, -0.25) is 4.90 Å². The van der Waals surface area contributed by atoms with Crippen molar-refractivity contribution >= 4 is 0 Å². The lowest BCUT2D eigenvalue weighted by Gasteiger charge is -2.32.